The number of aromatic amines is 1. The second-order valence-electron chi connectivity index (χ2n) is 3.22. The number of aryl methyl sites for hydroxylation is 1. The summed E-state index contributed by atoms with van der Waals surface area (Å²) in [4.78, 5) is 7.46. The van der Waals surface area contributed by atoms with Gasteiger partial charge in [0, 0.05) is 18.7 Å². The van der Waals surface area contributed by atoms with Gasteiger partial charge in [-0.15, -0.1) is 0 Å². The molecule has 0 aliphatic heterocycles. The first-order chi connectivity index (χ1) is 7.35. The lowest BCUT2D eigenvalue weighted by Crippen LogP contribution is -1.88. The van der Waals surface area contributed by atoms with Crippen molar-refractivity contribution in [2.24, 2.45) is 0 Å². The van der Waals surface area contributed by atoms with E-state index < -0.39 is 0 Å². The van der Waals surface area contributed by atoms with Crippen LogP contribution in [0.3, 0.4) is 0 Å². The lowest BCUT2D eigenvalue weighted by molar-refractivity contribution is 0.399. The first kappa shape index (κ1) is 9.53. The van der Waals surface area contributed by atoms with Crippen LogP contribution in [-0.4, -0.2) is 17.1 Å². The Kier molecular flexibility index (Phi) is 2.55. The van der Waals surface area contributed by atoms with Crippen molar-refractivity contribution in [1.29, 1.82) is 5.26 Å². The van der Waals surface area contributed by atoms with Gasteiger partial charge in [0.15, 0.2) is 0 Å². The Balaban J connectivity index is 2.43. The molecule has 0 radical (unpaired) electrons. The van der Waals surface area contributed by atoms with Gasteiger partial charge in [-0.2, -0.15) is 5.26 Å². The quantitative estimate of drug-likeness (QED) is 0.826. The van der Waals surface area contributed by atoms with Gasteiger partial charge in [-0.05, 0) is 18.1 Å². The minimum absolute atomic E-state index is 0.506. The van der Waals surface area contributed by atoms with E-state index in [2.05, 4.69) is 16.0 Å². The maximum Gasteiger partial charge on any atom is 0.213 e. The maximum absolute atomic E-state index is 8.53. The molecule has 0 atom stereocenters. The van der Waals surface area contributed by atoms with Crippen LogP contribution in [0.25, 0.3) is 11.0 Å². The number of nitrogens with zero attached hydrogens (tertiary/aromatic N) is 2. The standard InChI is InChI=1S/C11H11N3O/c1-15-10-5-4-9-11(14-10)8(7-13-9)3-2-6-12/h4-5,7,13H,2-3H2,1H3. The molecule has 2 rings (SSSR count). The molecule has 0 amide bonds. The summed E-state index contributed by atoms with van der Waals surface area (Å²) in [6.07, 6.45) is 3.12. The molecule has 4 nitrogen and oxygen atoms in total. The fourth-order valence-corrected chi connectivity index (χ4v) is 1.53. The van der Waals surface area contributed by atoms with E-state index in [0.29, 0.717) is 12.3 Å². The van der Waals surface area contributed by atoms with E-state index in [4.69, 9.17) is 10.00 Å². The van der Waals surface area contributed by atoms with Crippen LogP contribution in [0.5, 0.6) is 5.88 Å². The molecule has 2 heterocycles. The van der Waals surface area contributed by atoms with Crippen molar-refractivity contribution in [1.82, 2.24) is 9.97 Å². The van der Waals surface area contributed by atoms with Crippen LogP contribution < -0.4 is 4.74 Å². The number of ether oxygens (including phenoxy) is 1. The van der Waals surface area contributed by atoms with Crippen molar-refractivity contribution in [3.63, 3.8) is 0 Å². The molecule has 0 aliphatic rings. The molecule has 0 spiro atoms. The number of aromatic nitrogens is 2. The van der Waals surface area contributed by atoms with Crippen molar-refractivity contribution in [2.75, 3.05) is 7.11 Å². The van der Waals surface area contributed by atoms with Crippen LogP contribution in [0.15, 0.2) is 18.3 Å². The van der Waals surface area contributed by atoms with Gasteiger partial charge in [0.2, 0.25) is 5.88 Å². The summed E-state index contributed by atoms with van der Waals surface area (Å²) in [5, 5.41) is 8.53. The average molecular weight is 201 g/mol. The van der Waals surface area contributed by atoms with E-state index in [1.54, 1.807) is 7.11 Å². The molecular formula is C11H11N3O. The van der Waals surface area contributed by atoms with Crippen molar-refractivity contribution in [3.8, 4) is 11.9 Å². The van der Waals surface area contributed by atoms with E-state index in [0.717, 1.165) is 23.0 Å². The first-order valence-electron chi connectivity index (χ1n) is 4.73. The molecule has 2 aromatic heterocycles. The third-order valence-corrected chi connectivity index (χ3v) is 2.29. The number of nitrogens with one attached hydrogen (secondary N) is 1. The van der Waals surface area contributed by atoms with Gasteiger partial charge < -0.3 is 9.72 Å². The van der Waals surface area contributed by atoms with Crippen LogP contribution in [0, 0.1) is 11.3 Å². The highest BCUT2D eigenvalue weighted by atomic mass is 16.5. The summed E-state index contributed by atoms with van der Waals surface area (Å²) >= 11 is 0. The molecule has 0 aliphatic carbocycles. The van der Waals surface area contributed by atoms with Crippen LogP contribution in [0.1, 0.15) is 12.0 Å². The number of pyridine rings is 1. The summed E-state index contributed by atoms with van der Waals surface area (Å²) in [6.45, 7) is 0. The van der Waals surface area contributed by atoms with Crippen LogP contribution >= 0.6 is 0 Å². The lowest BCUT2D eigenvalue weighted by Gasteiger charge is -1.99. The summed E-state index contributed by atoms with van der Waals surface area (Å²) < 4.78 is 5.06. The summed E-state index contributed by atoms with van der Waals surface area (Å²) in [7, 11) is 1.59. The normalized spacial score (nSPS) is 10.1. The maximum atomic E-state index is 8.53. The molecule has 0 saturated heterocycles. The highest BCUT2D eigenvalue weighted by molar-refractivity contribution is 5.79. The molecule has 76 valence electrons. The predicted octanol–water partition coefficient (Wildman–Crippen LogP) is 2.03. The highest BCUT2D eigenvalue weighted by Crippen LogP contribution is 2.20. The Hall–Kier alpha value is -2.02. The highest BCUT2D eigenvalue weighted by Gasteiger charge is 2.05. The van der Waals surface area contributed by atoms with E-state index in [9.17, 15) is 0 Å². The van der Waals surface area contributed by atoms with Crippen LogP contribution in [-0.2, 0) is 6.42 Å². The topological polar surface area (TPSA) is 61.7 Å². The molecule has 15 heavy (non-hydrogen) atoms. The van der Waals surface area contributed by atoms with E-state index in [-0.39, 0.29) is 0 Å². The first-order valence-corrected chi connectivity index (χ1v) is 4.73. The predicted molar refractivity (Wildman–Crippen MR) is 56.6 cm³/mol. The van der Waals surface area contributed by atoms with Gasteiger partial charge in [0.1, 0.15) is 0 Å². The van der Waals surface area contributed by atoms with Gasteiger partial charge in [-0.25, -0.2) is 4.98 Å². The van der Waals surface area contributed by atoms with E-state index in [1.807, 2.05) is 18.3 Å². The third kappa shape index (κ3) is 1.77. The Morgan fingerprint density at radius 1 is 1.53 bits per heavy atom. The number of fused-ring (bicyclic) bond motifs is 1. The Bertz CT molecular complexity index is 510. The Morgan fingerprint density at radius 2 is 2.40 bits per heavy atom. The number of rotatable bonds is 3. The van der Waals surface area contributed by atoms with Gasteiger partial charge >= 0.3 is 0 Å². The zero-order valence-corrected chi connectivity index (χ0v) is 8.45. The van der Waals surface area contributed by atoms with Gasteiger partial charge in [-0.3, -0.25) is 0 Å². The average Bonchev–Trinajstić information content (AvgIpc) is 2.68. The number of hydrogen-bond donors (Lipinski definition) is 1. The summed E-state index contributed by atoms with van der Waals surface area (Å²) in [6, 6.07) is 5.87. The minimum Gasteiger partial charge on any atom is -0.481 e. The third-order valence-electron chi connectivity index (χ3n) is 2.29. The van der Waals surface area contributed by atoms with Crippen molar-refractivity contribution < 1.29 is 4.74 Å². The molecule has 0 fully saturated rings. The molecule has 0 saturated carbocycles. The summed E-state index contributed by atoms with van der Waals surface area (Å²) in [5.74, 6) is 0.598. The lowest BCUT2D eigenvalue weighted by atomic mass is 10.2. The monoisotopic (exact) mass is 201 g/mol. The fourth-order valence-electron chi connectivity index (χ4n) is 1.53. The van der Waals surface area contributed by atoms with Crippen LogP contribution in [0.4, 0.5) is 0 Å². The molecular weight excluding hydrogens is 190 g/mol. The Morgan fingerprint density at radius 3 is 3.13 bits per heavy atom. The fraction of sp³-hybridized carbons (Fsp3) is 0.273. The van der Waals surface area contributed by atoms with Crippen molar-refractivity contribution in [2.45, 2.75) is 12.8 Å². The molecule has 1 N–H and O–H groups in total. The molecule has 0 bridgehead atoms. The van der Waals surface area contributed by atoms with Gasteiger partial charge in [0.25, 0.3) is 0 Å². The second kappa shape index (κ2) is 4.01. The second-order valence-corrected chi connectivity index (χ2v) is 3.22. The van der Waals surface area contributed by atoms with E-state index >= 15 is 0 Å². The zero-order chi connectivity index (χ0) is 10.7. The largest absolute Gasteiger partial charge is 0.481 e. The zero-order valence-electron chi connectivity index (χ0n) is 8.45. The smallest absolute Gasteiger partial charge is 0.213 e. The number of H-pyrrole nitrogens is 1. The molecule has 4 heteroatoms. The SMILES string of the molecule is COc1ccc2[nH]cc(CCC#N)c2n1. The Labute approximate surface area is 87.5 Å². The number of methoxy groups -OCH3 is 1. The van der Waals surface area contributed by atoms with Gasteiger partial charge in [0.05, 0.1) is 24.2 Å². The number of nitriles is 1. The molecule has 2 aromatic rings. The molecule has 0 unspecified atom stereocenters. The summed E-state index contributed by atoms with van der Waals surface area (Å²) in [5.41, 5.74) is 2.93. The van der Waals surface area contributed by atoms with E-state index in [1.165, 1.54) is 0 Å². The number of hydrogen-bond acceptors (Lipinski definition) is 3. The van der Waals surface area contributed by atoms with Gasteiger partial charge in [-0.1, -0.05) is 0 Å². The van der Waals surface area contributed by atoms with Crippen LogP contribution in [0.2, 0.25) is 0 Å². The van der Waals surface area contributed by atoms with Crippen molar-refractivity contribution >= 4 is 11.0 Å². The van der Waals surface area contributed by atoms with Crippen molar-refractivity contribution in [3.05, 3.63) is 23.9 Å². The molecule has 0 aromatic carbocycles. The minimum atomic E-state index is 0.506.